The highest BCUT2D eigenvalue weighted by molar-refractivity contribution is 7.83. The summed E-state index contributed by atoms with van der Waals surface area (Å²) in [5.74, 6) is 0. The summed E-state index contributed by atoms with van der Waals surface area (Å²) < 4.78 is 30.3. The maximum Gasteiger partial charge on any atom is 0.333 e. The van der Waals surface area contributed by atoms with Crippen molar-refractivity contribution in [2.45, 2.75) is 13.0 Å². The highest BCUT2D eigenvalue weighted by Crippen LogP contribution is 1.78. The lowest BCUT2D eigenvalue weighted by molar-refractivity contribution is 0.459. The molecule has 1 atom stereocenters. The molecule has 6 heteroatoms. The summed E-state index contributed by atoms with van der Waals surface area (Å²) in [6, 6.07) is 0.0157. The van der Waals surface area contributed by atoms with Crippen molar-refractivity contribution in [2.75, 3.05) is 13.6 Å². The van der Waals surface area contributed by atoms with E-state index in [1.807, 2.05) is 4.72 Å². The molecule has 0 spiro atoms. The van der Waals surface area contributed by atoms with Crippen LogP contribution in [-0.2, 0) is 10.3 Å². The van der Waals surface area contributed by atoms with Gasteiger partial charge >= 0.3 is 10.3 Å². The Hall–Kier alpha value is -0.170. The van der Waals surface area contributed by atoms with Crippen LogP contribution in [0, 0.1) is 0 Å². The molecule has 0 saturated carbocycles. The maximum absolute atomic E-state index is 10.1. The van der Waals surface area contributed by atoms with Crippen LogP contribution in [0.2, 0.25) is 0 Å². The largest absolute Gasteiger partial charge is 0.333 e. The van der Waals surface area contributed by atoms with Crippen LogP contribution in [0.1, 0.15) is 6.92 Å². The van der Waals surface area contributed by atoms with Gasteiger partial charge in [0.15, 0.2) is 0 Å². The number of hydrogen-bond acceptors (Lipinski definition) is 3. The zero-order valence-electron chi connectivity index (χ0n) is 5.96. The lowest BCUT2D eigenvalue weighted by atomic mass is 10.4. The minimum absolute atomic E-state index is 0.0157. The molecule has 3 N–H and O–H groups in total. The quantitative estimate of drug-likeness (QED) is 0.470. The van der Waals surface area contributed by atoms with Gasteiger partial charge in [0.05, 0.1) is 0 Å². The SMILES string of the molecule is CNC(C)CNS(=O)(=O)O. The molecule has 0 aliphatic carbocycles. The Bertz CT molecular complexity index is 177. The third kappa shape index (κ3) is 5.96. The van der Waals surface area contributed by atoms with Gasteiger partial charge in [-0.15, -0.1) is 0 Å². The van der Waals surface area contributed by atoms with E-state index in [0.717, 1.165) is 0 Å². The van der Waals surface area contributed by atoms with Crippen LogP contribution in [0.3, 0.4) is 0 Å². The Labute approximate surface area is 60.7 Å². The summed E-state index contributed by atoms with van der Waals surface area (Å²) in [6.45, 7) is 1.98. The molecule has 0 aromatic heterocycles. The zero-order chi connectivity index (χ0) is 8.20. The molecule has 0 fully saturated rings. The van der Waals surface area contributed by atoms with Gasteiger partial charge in [0.1, 0.15) is 0 Å². The van der Waals surface area contributed by atoms with E-state index in [1.165, 1.54) is 0 Å². The molecular weight excluding hydrogens is 156 g/mol. The summed E-state index contributed by atoms with van der Waals surface area (Å²) in [7, 11) is -2.31. The molecule has 0 aromatic rings. The van der Waals surface area contributed by atoms with Crippen LogP contribution in [0.25, 0.3) is 0 Å². The van der Waals surface area contributed by atoms with Crippen molar-refractivity contribution in [1.82, 2.24) is 10.0 Å². The van der Waals surface area contributed by atoms with E-state index in [1.54, 1.807) is 14.0 Å². The number of rotatable bonds is 4. The second-order valence-corrected chi connectivity index (χ2v) is 3.25. The monoisotopic (exact) mass is 168 g/mol. The molecule has 1 unspecified atom stereocenters. The molecule has 0 radical (unpaired) electrons. The first-order chi connectivity index (χ1) is 4.45. The van der Waals surface area contributed by atoms with Crippen molar-refractivity contribution in [3.63, 3.8) is 0 Å². The van der Waals surface area contributed by atoms with E-state index in [2.05, 4.69) is 5.32 Å². The molecule has 62 valence electrons. The number of nitrogens with one attached hydrogen (secondary N) is 2. The van der Waals surface area contributed by atoms with E-state index in [4.69, 9.17) is 4.55 Å². The third-order valence-electron chi connectivity index (χ3n) is 1.06. The van der Waals surface area contributed by atoms with Crippen molar-refractivity contribution in [3.8, 4) is 0 Å². The Morgan fingerprint density at radius 1 is 1.60 bits per heavy atom. The van der Waals surface area contributed by atoms with Crippen LogP contribution < -0.4 is 10.0 Å². The minimum atomic E-state index is -4.02. The fourth-order valence-electron chi connectivity index (χ4n) is 0.332. The molecule has 0 aromatic carbocycles. The van der Waals surface area contributed by atoms with Crippen LogP contribution >= 0.6 is 0 Å². The first kappa shape index (κ1) is 9.83. The standard InChI is InChI=1S/C4H12N2O3S/c1-4(5-2)3-6-10(7,8)9/h4-6H,3H2,1-2H3,(H,7,8,9). The van der Waals surface area contributed by atoms with E-state index in [-0.39, 0.29) is 12.6 Å². The van der Waals surface area contributed by atoms with Gasteiger partial charge in [0.2, 0.25) is 0 Å². The fraction of sp³-hybridized carbons (Fsp3) is 1.00. The second-order valence-electron chi connectivity index (χ2n) is 2.01. The second kappa shape index (κ2) is 3.87. The molecule has 0 rings (SSSR count). The molecule has 0 aliphatic rings. The smallest absolute Gasteiger partial charge is 0.316 e. The average Bonchev–Trinajstić information content (AvgIpc) is 1.81. The molecule has 0 bridgehead atoms. The van der Waals surface area contributed by atoms with Gasteiger partial charge in [-0.1, -0.05) is 0 Å². The van der Waals surface area contributed by atoms with Gasteiger partial charge in [-0.05, 0) is 14.0 Å². The van der Waals surface area contributed by atoms with Crippen LogP contribution in [0.5, 0.6) is 0 Å². The summed E-state index contributed by atoms with van der Waals surface area (Å²) in [5, 5.41) is 2.80. The molecule has 5 nitrogen and oxygen atoms in total. The van der Waals surface area contributed by atoms with Gasteiger partial charge in [-0.2, -0.15) is 13.1 Å². The summed E-state index contributed by atoms with van der Waals surface area (Å²) >= 11 is 0. The van der Waals surface area contributed by atoms with Gasteiger partial charge in [0.25, 0.3) is 0 Å². The van der Waals surface area contributed by atoms with Crippen LogP contribution in [0.4, 0.5) is 0 Å². The normalized spacial score (nSPS) is 15.1. The fourth-order valence-corrected chi connectivity index (χ4v) is 0.793. The molecule has 10 heavy (non-hydrogen) atoms. The Morgan fingerprint density at radius 3 is 2.40 bits per heavy atom. The van der Waals surface area contributed by atoms with E-state index in [9.17, 15) is 8.42 Å². The Balaban J connectivity index is 3.56. The number of likely N-dealkylation sites (N-methyl/N-ethyl adjacent to an activating group) is 1. The predicted molar refractivity (Wildman–Crippen MR) is 38.1 cm³/mol. The van der Waals surface area contributed by atoms with Gasteiger partial charge in [0, 0.05) is 12.6 Å². The molecule has 0 heterocycles. The average molecular weight is 168 g/mol. The Kier molecular flexibility index (Phi) is 3.80. The summed E-state index contributed by atoms with van der Waals surface area (Å²) in [4.78, 5) is 0. The molecule has 0 aliphatic heterocycles. The van der Waals surface area contributed by atoms with Crippen molar-refractivity contribution < 1.29 is 13.0 Å². The maximum atomic E-state index is 10.1. The van der Waals surface area contributed by atoms with Crippen molar-refractivity contribution >= 4 is 10.3 Å². The van der Waals surface area contributed by atoms with E-state index < -0.39 is 10.3 Å². The predicted octanol–water partition coefficient (Wildman–Crippen LogP) is -1.01. The highest BCUT2D eigenvalue weighted by atomic mass is 32.2. The molecule has 0 amide bonds. The van der Waals surface area contributed by atoms with Gasteiger partial charge in [-0.25, -0.2) is 0 Å². The summed E-state index contributed by atoms with van der Waals surface area (Å²) in [5.41, 5.74) is 0. The summed E-state index contributed by atoms with van der Waals surface area (Å²) in [6.07, 6.45) is 0. The first-order valence-electron chi connectivity index (χ1n) is 2.85. The molecule has 0 saturated heterocycles. The van der Waals surface area contributed by atoms with Crippen molar-refractivity contribution in [2.24, 2.45) is 0 Å². The topological polar surface area (TPSA) is 78.4 Å². The lowest BCUT2D eigenvalue weighted by Crippen LogP contribution is -2.36. The van der Waals surface area contributed by atoms with Gasteiger partial charge in [-0.3, -0.25) is 4.55 Å². The Morgan fingerprint density at radius 2 is 2.10 bits per heavy atom. The van der Waals surface area contributed by atoms with Gasteiger partial charge < -0.3 is 5.32 Å². The van der Waals surface area contributed by atoms with E-state index in [0.29, 0.717) is 0 Å². The zero-order valence-corrected chi connectivity index (χ0v) is 6.77. The van der Waals surface area contributed by atoms with Crippen LogP contribution in [0.15, 0.2) is 0 Å². The van der Waals surface area contributed by atoms with Crippen LogP contribution in [-0.4, -0.2) is 32.6 Å². The van der Waals surface area contributed by atoms with E-state index >= 15 is 0 Å². The highest BCUT2D eigenvalue weighted by Gasteiger charge is 2.04. The third-order valence-corrected chi connectivity index (χ3v) is 1.60. The first-order valence-corrected chi connectivity index (χ1v) is 4.29. The number of hydrogen-bond donors (Lipinski definition) is 3. The van der Waals surface area contributed by atoms with Crippen molar-refractivity contribution in [1.29, 1.82) is 0 Å². The van der Waals surface area contributed by atoms with Crippen molar-refractivity contribution in [3.05, 3.63) is 0 Å². The minimum Gasteiger partial charge on any atom is -0.316 e. The molecular formula is C4H12N2O3S. The lowest BCUT2D eigenvalue weighted by Gasteiger charge is -2.08.